The largest absolute Gasteiger partial charge is 0.481 e. The Bertz CT molecular complexity index is 1010. The number of fused-ring (bicyclic) bond motifs is 1. The summed E-state index contributed by atoms with van der Waals surface area (Å²) in [5.41, 5.74) is 0.965. The van der Waals surface area contributed by atoms with Gasteiger partial charge in [-0.05, 0) is 37.7 Å². The SMILES string of the molecule is C=CCN(C(=O)C1N([C@@H](CO)Cc2ccccc2)C(=O)[C@@H]2[C@H](C(=O)O)[C@@H]3CCC12S3)C1CCCCC1. The summed E-state index contributed by atoms with van der Waals surface area (Å²) in [6.07, 6.45) is 8.64. The van der Waals surface area contributed by atoms with Crippen molar-refractivity contribution < 1.29 is 24.6 Å². The highest BCUT2D eigenvalue weighted by atomic mass is 32.2. The zero-order valence-electron chi connectivity index (χ0n) is 20.6. The summed E-state index contributed by atoms with van der Waals surface area (Å²) in [6.45, 7) is 4.01. The first-order chi connectivity index (χ1) is 17.4. The molecule has 2 bridgehead atoms. The molecule has 1 saturated carbocycles. The molecule has 7 nitrogen and oxygen atoms in total. The smallest absolute Gasteiger partial charge is 0.308 e. The van der Waals surface area contributed by atoms with E-state index in [4.69, 9.17) is 0 Å². The molecule has 3 saturated heterocycles. The Hall–Kier alpha value is -2.32. The van der Waals surface area contributed by atoms with Gasteiger partial charge in [0.25, 0.3) is 0 Å². The van der Waals surface area contributed by atoms with E-state index in [9.17, 15) is 24.6 Å². The van der Waals surface area contributed by atoms with E-state index in [0.717, 1.165) is 37.7 Å². The fourth-order valence-electron chi connectivity index (χ4n) is 7.29. The molecule has 1 aromatic carbocycles. The molecular weight excluding hydrogens is 476 g/mol. The van der Waals surface area contributed by atoms with E-state index in [-0.39, 0.29) is 29.7 Å². The van der Waals surface area contributed by atoms with Crippen molar-refractivity contribution in [2.75, 3.05) is 13.2 Å². The highest BCUT2D eigenvalue weighted by Crippen LogP contribution is 2.66. The molecule has 2 unspecified atom stereocenters. The number of carbonyl (C=O) groups is 3. The Morgan fingerprint density at radius 3 is 2.56 bits per heavy atom. The van der Waals surface area contributed by atoms with Crippen molar-refractivity contribution in [3.05, 3.63) is 48.6 Å². The highest BCUT2D eigenvalue weighted by Gasteiger charge is 2.74. The third-order valence-electron chi connectivity index (χ3n) is 8.80. The summed E-state index contributed by atoms with van der Waals surface area (Å²) >= 11 is 1.55. The summed E-state index contributed by atoms with van der Waals surface area (Å²) in [5.74, 6) is -2.89. The number of carboxylic acids is 1. The Balaban J connectivity index is 1.56. The predicted molar refractivity (Wildman–Crippen MR) is 138 cm³/mol. The number of benzene rings is 1. The number of carboxylic acid groups (broad SMARTS) is 1. The number of nitrogens with zero attached hydrogens (tertiary/aromatic N) is 2. The zero-order chi connectivity index (χ0) is 25.4. The maximum atomic E-state index is 14.5. The summed E-state index contributed by atoms with van der Waals surface area (Å²) < 4.78 is -0.764. The number of aliphatic hydroxyl groups excluding tert-OH is 1. The number of hydrogen-bond donors (Lipinski definition) is 2. The molecular formula is C28H36N2O5S. The summed E-state index contributed by atoms with van der Waals surface area (Å²) in [6, 6.07) is 8.36. The molecule has 1 aromatic rings. The molecule has 2 amide bonds. The van der Waals surface area contributed by atoms with Crippen LogP contribution in [0, 0.1) is 11.8 Å². The first-order valence-electron chi connectivity index (χ1n) is 13.2. The minimum Gasteiger partial charge on any atom is -0.481 e. The van der Waals surface area contributed by atoms with Crippen LogP contribution in [0.1, 0.15) is 50.5 Å². The first-order valence-corrected chi connectivity index (χ1v) is 14.1. The average Bonchev–Trinajstić information content (AvgIpc) is 3.54. The van der Waals surface area contributed by atoms with Crippen molar-refractivity contribution >= 4 is 29.5 Å². The van der Waals surface area contributed by atoms with E-state index >= 15 is 0 Å². The lowest BCUT2D eigenvalue weighted by atomic mass is 9.71. The number of likely N-dealkylation sites (tertiary alicyclic amines) is 1. The molecule has 3 aliphatic heterocycles. The number of hydrogen-bond acceptors (Lipinski definition) is 5. The topological polar surface area (TPSA) is 98.2 Å². The maximum Gasteiger partial charge on any atom is 0.308 e. The Kier molecular flexibility index (Phi) is 7.18. The van der Waals surface area contributed by atoms with Gasteiger partial charge in [-0.3, -0.25) is 14.4 Å². The quantitative estimate of drug-likeness (QED) is 0.494. The van der Waals surface area contributed by atoms with Crippen molar-refractivity contribution in [2.24, 2.45) is 11.8 Å². The van der Waals surface area contributed by atoms with E-state index in [1.54, 1.807) is 22.7 Å². The van der Waals surface area contributed by atoms with E-state index < -0.39 is 34.6 Å². The Morgan fingerprint density at radius 2 is 1.92 bits per heavy atom. The monoisotopic (exact) mass is 512 g/mol. The molecule has 1 aliphatic carbocycles. The number of amides is 2. The van der Waals surface area contributed by atoms with Crippen LogP contribution < -0.4 is 0 Å². The van der Waals surface area contributed by atoms with Crippen molar-refractivity contribution in [2.45, 2.75) is 79.5 Å². The fourth-order valence-corrected chi connectivity index (χ4v) is 9.48. The number of aliphatic carboxylic acids is 1. The summed E-state index contributed by atoms with van der Waals surface area (Å²) in [5, 5.41) is 20.4. The van der Waals surface area contributed by atoms with E-state index in [2.05, 4.69) is 6.58 Å². The maximum absolute atomic E-state index is 14.5. The van der Waals surface area contributed by atoms with Gasteiger partial charge in [-0.25, -0.2) is 0 Å². The van der Waals surface area contributed by atoms with Crippen LogP contribution in [-0.4, -0.2) is 79.1 Å². The normalized spacial score (nSPS) is 32.4. The second-order valence-corrected chi connectivity index (χ2v) is 12.3. The van der Waals surface area contributed by atoms with Crippen LogP contribution in [0.4, 0.5) is 0 Å². The first kappa shape index (κ1) is 25.3. The van der Waals surface area contributed by atoms with Crippen LogP contribution >= 0.6 is 11.8 Å². The minimum atomic E-state index is -0.959. The third-order valence-corrected chi connectivity index (χ3v) is 10.8. The van der Waals surface area contributed by atoms with Gasteiger partial charge in [0.2, 0.25) is 11.8 Å². The van der Waals surface area contributed by atoms with Gasteiger partial charge in [-0.2, -0.15) is 0 Å². The van der Waals surface area contributed by atoms with E-state index in [1.165, 1.54) is 0 Å². The number of carbonyl (C=O) groups excluding carboxylic acids is 2. The van der Waals surface area contributed by atoms with E-state index in [1.807, 2.05) is 35.2 Å². The standard InChI is InChI=1S/C28H36N2O5S/c1-2-15-29(19-11-7-4-8-12-19)26(33)24-28-14-13-21(36-28)22(27(34)35)23(28)25(32)30(24)20(17-31)16-18-9-5-3-6-10-18/h2-3,5-6,9-10,19-24,31H,1,4,7-8,11-17H2,(H,34,35)/t20-,21+,22-,23+,24?,28?/m1/s1. The lowest BCUT2D eigenvalue weighted by Gasteiger charge is -2.42. The summed E-state index contributed by atoms with van der Waals surface area (Å²) in [4.78, 5) is 44.4. The molecule has 194 valence electrons. The Labute approximate surface area is 216 Å². The molecule has 4 fully saturated rings. The number of thioether (sulfide) groups is 1. The van der Waals surface area contributed by atoms with Gasteiger partial charge in [-0.15, -0.1) is 18.3 Å². The van der Waals surface area contributed by atoms with Gasteiger partial charge in [0.05, 0.1) is 29.2 Å². The second kappa shape index (κ2) is 10.2. The predicted octanol–water partition coefficient (Wildman–Crippen LogP) is 3.11. The van der Waals surface area contributed by atoms with Crippen molar-refractivity contribution in [3.63, 3.8) is 0 Å². The van der Waals surface area contributed by atoms with Crippen LogP contribution in [-0.2, 0) is 20.8 Å². The van der Waals surface area contributed by atoms with Crippen LogP contribution in [0.2, 0.25) is 0 Å². The second-order valence-electron chi connectivity index (χ2n) is 10.7. The Morgan fingerprint density at radius 1 is 1.19 bits per heavy atom. The van der Waals surface area contributed by atoms with Crippen molar-refractivity contribution in [1.29, 1.82) is 0 Å². The third kappa shape index (κ3) is 4.06. The molecule has 3 heterocycles. The molecule has 4 aliphatic rings. The van der Waals surface area contributed by atoms with Gasteiger partial charge in [-0.1, -0.05) is 55.7 Å². The van der Waals surface area contributed by atoms with E-state index in [0.29, 0.717) is 25.8 Å². The average molecular weight is 513 g/mol. The van der Waals surface area contributed by atoms with Crippen LogP contribution in [0.25, 0.3) is 0 Å². The molecule has 5 rings (SSSR count). The molecule has 6 atom stereocenters. The summed E-state index contributed by atoms with van der Waals surface area (Å²) in [7, 11) is 0. The van der Waals surface area contributed by atoms with Gasteiger partial charge in [0, 0.05) is 17.8 Å². The highest BCUT2D eigenvalue weighted by molar-refractivity contribution is 8.02. The van der Waals surface area contributed by atoms with Crippen LogP contribution in [0.15, 0.2) is 43.0 Å². The molecule has 0 radical (unpaired) electrons. The van der Waals surface area contributed by atoms with Gasteiger partial charge >= 0.3 is 5.97 Å². The lowest BCUT2D eigenvalue weighted by Crippen LogP contribution is -2.59. The van der Waals surface area contributed by atoms with Crippen LogP contribution in [0.3, 0.4) is 0 Å². The molecule has 2 N–H and O–H groups in total. The fraction of sp³-hybridized carbons (Fsp3) is 0.607. The number of rotatable bonds is 9. The van der Waals surface area contributed by atoms with Crippen LogP contribution in [0.5, 0.6) is 0 Å². The lowest BCUT2D eigenvalue weighted by molar-refractivity contribution is -0.150. The zero-order valence-corrected chi connectivity index (χ0v) is 21.4. The van der Waals surface area contributed by atoms with Crippen molar-refractivity contribution in [3.8, 4) is 0 Å². The van der Waals surface area contributed by atoms with Gasteiger partial charge in [0.1, 0.15) is 6.04 Å². The molecule has 8 heteroatoms. The van der Waals surface area contributed by atoms with Gasteiger partial charge in [0.15, 0.2) is 0 Å². The van der Waals surface area contributed by atoms with Gasteiger partial charge < -0.3 is 20.0 Å². The van der Waals surface area contributed by atoms with Crippen molar-refractivity contribution in [1.82, 2.24) is 9.80 Å². The molecule has 1 spiro atoms. The number of aliphatic hydroxyl groups is 1. The molecule has 0 aromatic heterocycles. The molecule has 36 heavy (non-hydrogen) atoms. The minimum absolute atomic E-state index is 0.0947.